The third kappa shape index (κ3) is 4.07. The third-order valence-electron chi connectivity index (χ3n) is 4.50. The Balaban J connectivity index is 1.49. The molecule has 30 heavy (non-hydrogen) atoms. The van der Waals surface area contributed by atoms with Gasteiger partial charge in [0.25, 0.3) is 5.91 Å². The standard InChI is InChI=1S/C22H15F3N4O/c23-22(24,25)18-8-4-3-7-17(18)13-26-29-21(30)20-12-19(27-28-20)16-10-9-14-5-1-2-6-15(14)11-16/h1-13H,(H,27,28)(H,29,30). The van der Waals surface area contributed by atoms with Gasteiger partial charge in [-0.05, 0) is 29.0 Å². The number of hydrazone groups is 1. The summed E-state index contributed by atoms with van der Waals surface area (Å²) in [5.74, 6) is -0.615. The summed E-state index contributed by atoms with van der Waals surface area (Å²) >= 11 is 0. The molecule has 1 heterocycles. The van der Waals surface area contributed by atoms with E-state index in [4.69, 9.17) is 0 Å². The summed E-state index contributed by atoms with van der Waals surface area (Å²) in [4.78, 5) is 12.3. The monoisotopic (exact) mass is 408 g/mol. The van der Waals surface area contributed by atoms with Gasteiger partial charge in [0.15, 0.2) is 0 Å². The zero-order valence-corrected chi connectivity index (χ0v) is 15.4. The first kappa shape index (κ1) is 19.4. The molecule has 0 spiro atoms. The van der Waals surface area contributed by atoms with Gasteiger partial charge in [-0.25, -0.2) is 5.43 Å². The zero-order chi connectivity index (χ0) is 21.1. The lowest BCUT2D eigenvalue weighted by Gasteiger charge is -2.09. The number of nitrogens with one attached hydrogen (secondary N) is 2. The molecule has 0 unspecified atom stereocenters. The van der Waals surface area contributed by atoms with Gasteiger partial charge >= 0.3 is 6.18 Å². The predicted octanol–water partition coefficient (Wildman–Crippen LogP) is 5.01. The van der Waals surface area contributed by atoms with E-state index >= 15 is 0 Å². The summed E-state index contributed by atoms with van der Waals surface area (Å²) in [6, 6.07) is 20.2. The molecule has 1 amide bonds. The van der Waals surface area contributed by atoms with E-state index < -0.39 is 17.6 Å². The topological polar surface area (TPSA) is 70.1 Å². The third-order valence-corrected chi connectivity index (χ3v) is 4.50. The van der Waals surface area contributed by atoms with Crippen molar-refractivity contribution in [3.63, 3.8) is 0 Å². The number of aromatic amines is 1. The fourth-order valence-corrected chi connectivity index (χ4v) is 3.02. The van der Waals surface area contributed by atoms with E-state index in [1.54, 1.807) is 6.07 Å². The Morgan fingerprint density at radius 1 is 0.967 bits per heavy atom. The number of hydrogen-bond donors (Lipinski definition) is 2. The Kier molecular flexibility index (Phi) is 5.05. The van der Waals surface area contributed by atoms with Crippen LogP contribution in [0.1, 0.15) is 21.6 Å². The number of alkyl halides is 3. The molecule has 4 aromatic rings. The molecular weight excluding hydrogens is 393 g/mol. The van der Waals surface area contributed by atoms with Crippen molar-refractivity contribution < 1.29 is 18.0 Å². The second-order valence-corrected chi connectivity index (χ2v) is 6.51. The van der Waals surface area contributed by atoms with Crippen molar-refractivity contribution in [1.82, 2.24) is 15.6 Å². The molecule has 0 aliphatic carbocycles. The van der Waals surface area contributed by atoms with Crippen LogP contribution in [0, 0.1) is 0 Å². The quantitative estimate of drug-likeness (QED) is 0.368. The van der Waals surface area contributed by atoms with Crippen molar-refractivity contribution in [3.05, 3.63) is 89.6 Å². The number of nitrogens with zero attached hydrogens (tertiary/aromatic N) is 2. The molecule has 0 aliphatic heterocycles. The summed E-state index contributed by atoms with van der Waals surface area (Å²) in [6.45, 7) is 0. The molecule has 0 saturated heterocycles. The number of aromatic nitrogens is 2. The van der Waals surface area contributed by atoms with Crippen LogP contribution >= 0.6 is 0 Å². The van der Waals surface area contributed by atoms with Crippen molar-refractivity contribution in [2.75, 3.05) is 0 Å². The van der Waals surface area contributed by atoms with E-state index in [1.165, 1.54) is 18.2 Å². The minimum Gasteiger partial charge on any atom is -0.272 e. The van der Waals surface area contributed by atoms with Gasteiger partial charge in [-0.1, -0.05) is 54.6 Å². The van der Waals surface area contributed by atoms with Gasteiger partial charge in [0.05, 0.1) is 17.5 Å². The molecule has 3 aromatic carbocycles. The number of fused-ring (bicyclic) bond motifs is 1. The molecule has 0 atom stereocenters. The first-order valence-electron chi connectivity index (χ1n) is 8.96. The van der Waals surface area contributed by atoms with Crippen LogP contribution in [0.5, 0.6) is 0 Å². The molecule has 0 fully saturated rings. The normalized spacial score (nSPS) is 11.8. The van der Waals surface area contributed by atoms with Crippen LogP contribution < -0.4 is 5.43 Å². The van der Waals surface area contributed by atoms with E-state index in [1.807, 2.05) is 42.5 Å². The molecule has 1 aromatic heterocycles. The fraction of sp³-hybridized carbons (Fsp3) is 0.0455. The largest absolute Gasteiger partial charge is 0.417 e. The molecule has 5 nitrogen and oxygen atoms in total. The number of carbonyl (C=O) groups excluding carboxylic acids is 1. The first-order valence-corrected chi connectivity index (χ1v) is 8.96. The molecule has 0 bridgehead atoms. The van der Waals surface area contributed by atoms with Crippen LogP contribution in [0.2, 0.25) is 0 Å². The smallest absolute Gasteiger partial charge is 0.272 e. The van der Waals surface area contributed by atoms with E-state index in [2.05, 4.69) is 20.7 Å². The number of H-pyrrole nitrogens is 1. The van der Waals surface area contributed by atoms with Crippen molar-refractivity contribution >= 4 is 22.9 Å². The second kappa shape index (κ2) is 7.82. The Labute approximate surface area is 169 Å². The predicted molar refractivity (Wildman–Crippen MR) is 108 cm³/mol. The zero-order valence-electron chi connectivity index (χ0n) is 15.4. The first-order chi connectivity index (χ1) is 14.4. The summed E-state index contributed by atoms with van der Waals surface area (Å²) in [5.41, 5.74) is 2.77. The number of amides is 1. The van der Waals surface area contributed by atoms with Gasteiger partial charge in [-0.3, -0.25) is 9.89 Å². The number of benzene rings is 3. The van der Waals surface area contributed by atoms with Crippen LogP contribution in [0.3, 0.4) is 0 Å². The van der Waals surface area contributed by atoms with Gasteiger partial charge < -0.3 is 0 Å². The minimum atomic E-state index is -4.51. The summed E-state index contributed by atoms with van der Waals surface area (Å²) in [5, 5.41) is 12.5. The Morgan fingerprint density at radius 2 is 1.70 bits per heavy atom. The summed E-state index contributed by atoms with van der Waals surface area (Å²) in [7, 11) is 0. The number of carbonyl (C=O) groups is 1. The highest BCUT2D eigenvalue weighted by Crippen LogP contribution is 2.31. The minimum absolute atomic E-state index is 0.138. The Hall–Kier alpha value is -3.94. The number of rotatable bonds is 4. The molecule has 150 valence electrons. The van der Waals surface area contributed by atoms with Gasteiger partial charge in [0, 0.05) is 11.1 Å². The summed E-state index contributed by atoms with van der Waals surface area (Å²) in [6.07, 6.45) is -3.55. The average molecular weight is 408 g/mol. The van der Waals surface area contributed by atoms with Crippen molar-refractivity contribution in [1.29, 1.82) is 0 Å². The van der Waals surface area contributed by atoms with E-state index in [-0.39, 0.29) is 11.3 Å². The van der Waals surface area contributed by atoms with Gasteiger partial charge in [-0.15, -0.1) is 0 Å². The molecule has 8 heteroatoms. The van der Waals surface area contributed by atoms with E-state index in [0.29, 0.717) is 5.69 Å². The maximum absolute atomic E-state index is 13.0. The maximum atomic E-state index is 13.0. The Bertz CT molecular complexity index is 1240. The van der Waals surface area contributed by atoms with Crippen LogP contribution in [-0.2, 0) is 6.18 Å². The molecule has 0 radical (unpaired) electrons. The van der Waals surface area contributed by atoms with Crippen molar-refractivity contribution in [2.24, 2.45) is 5.10 Å². The average Bonchev–Trinajstić information content (AvgIpc) is 3.23. The number of hydrogen-bond acceptors (Lipinski definition) is 3. The molecule has 0 aliphatic rings. The maximum Gasteiger partial charge on any atom is 0.417 e. The molecule has 4 rings (SSSR count). The lowest BCUT2D eigenvalue weighted by Crippen LogP contribution is -2.18. The molecular formula is C22H15F3N4O. The van der Waals surface area contributed by atoms with E-state index in [9.17, 15) is 18.0 Å². The van der Waals surface area contributed by atoms with Crippen LogP contribution in [0.25, 0.3) is 22.0 Å². The lowest BCUT2D eigenvalue weighted by atomic mass is 10.1. The highest BCUT2D eigenvalue weighted by molar-refractivity contribution is 5.94. The van der Waals surface area contributed by atoms with Crippen LogP contribution in [-0.4, -0.2) is 22.3 Å². The number of halogens is 3. The van der Waals surface area contributed by atoms with Crippen molar-refractivity contribution in [3.8, 4) is 11.3 Å². The van der Waals surface area contributed by atoms with Crippen molar-refractivity contribution in [2.45, 2.75) is 6.18 Å². The second-order valence-electron chi connectivity index (χ2n) is 6.51. The molecule has 0 saturated carbocycles. The van der Waals surface area contributed by atoms with E-state index in [0.717, 1.165) is 28.6 Å². The van der Waals surface area contributed by atoms with Gasteiger partial charge in [0.1, 0.15) is 5.69 Å². The Morgan fingerprint density at radius 3 is 2.50 bits per heavy atom. The van der Waals surface area contributed by atoms with Crippen LogP contribution in [0.15, 0.2) is 77.9 Å². The highest BCUT2D eigenvalue weighted by Gasteiger charge is 2.32. The van der Waals surface area contributed by atoms with Gasteiger partial charge in [-0.2, -0.15) is 23.4 Å². The summed E-state index contributed by atoms with van der Waals surface area (Å²) < 4.78 is 39.0. The lowest BCUT2D eigenvalue weighted by molar-refractivity contribution is -0.137. The van der Waals surface area contributed by atoms with Gasteiger partial charge in [0.2, 0.25) is 0 Å². The molecule has 2 N–H and O–H groups in total. The van der Waals surface area contributed by atoms with Crippen LogP contribution in [0.4, 0.5) is 13.2 Å². The highest BCUT2D eigenvalue weighted by atomic mass is 19.4. The SMILES string of the molecule is O=C(NN=Cc1ccccc1C(F)(F)F)c1cc(-c2ccc3ccccc3c2)n[nH]1. The fourth-order valence-electron chi connectivity index (χ4n) is 3.02.